The van der Waals surface area contributed by atoms with Gasteiger partial charge >= 0.3 is 0 Å². The maximum atomic E-state index is 12.4. The van der Waals surface area contributed by atoms with E-state index in [-0.39, 0.29) is 5.78 Å². The second-order valence-corrected chi connectivity index (χ2v) is 7.14. The molecule has 1 aromatic carbocycles. The third-order valence-electron chi connectivity index (χ3n) is 5.24. The molecule has 4 nitrogen and oxygen atoms in total. The summed E-state index contributed by atoms with van der Waals surface area (Å²) in [6, 6.07) is 11.9. The van der Waals surface area contributed by atoms with E-state index in [2.05, 4.69) is 17.1 Å². The van der Waals surface area contributed by atoms with Gasteiger partial charge in [-0.25, -0.2) is 4.98 Å². The smallest absolute Gasteiger partial charge is 0.163 e. The fraction of sp³-hybridized carbons (Fsp3) is 0.364. The van der Waals surface area contributed by atoms with Gasteiger partial charge in [-0.1, -0.05) is 25.0 Å². The van der Waals surface area contributed by atoms with Crippen LogP contribution in [0.3, 0.4) is 0 Å². The van der Waals surface area contributed by atoms with Crippen LogP contribution in [0.2, 0.25) is 0 Å². The molecule has 1 fully saturated rings. The first-order valence-electron chi connectivity index (χ1n) is 9.45. The summed E-state index contributed by atoms with van der Waals surface area (Å²) >= 11 is 0. The predicted octanol–water partition coefficient (Wildman–Crippen LogP) is 4.72. The van der Waals surface area contributed by atoms with Crippen LogP contribution in [0.4, 0.5) is 0 Å². The Morgan fingerprint density at radius 3 is 2.73 bits per heavy atom. The zero-order valence-electron chi connectivity index (χ0n) is 14.9. The van der Waals surface area contributed by atoms with E-state index >= 15 is 0 Å². The van der Waals surface area contributed by atoms with Crippen LogP contribution in [-0.2, 0) is 6.42 Å². The lowest BCUT2D eigenvalue weighted by molar-refractivity contribution is 0.0983. The molecule has 2 aromatic heterocycles. The standard InChI is InChI=1S/C22H24N2O2/c25-21(19-11-13-24-14-12-23-22(24)15-19)10-7-17-5-8-20(9-6-17)26-16-18-3-1-2-4-18/h5-6,8-9,11-15,18H,1-4,7,10,16H2. The van der Waals surface area contributed by atoms with Gasteiger partial charge in [-0.2, -0.15) is 0 Å². The molecule has 3 aromatic rings. The fourth-order valence-corrected chi connectivity index (χ4v) is 3.63. The second-order valence-electron chi connectivity index (χ2n) is 7.14. The number of fused-ring (bicyclic) bond motifs is 1. The van der Waals surface area contributed by atoms with E-state index in [1.807, 2.05) is 41.1 Å². The Morgan fingerprint density at radius 2 is 1.92 bits per heavy atom. The molecule has 1 aliphatic rings. The van der Waals surface area contributed by atoms with Gasteiger partial charge in [0, 0.05) is 30.6 Å². The fourth-order valence-electron chi connectivity index (χ4n) is 3.63. The average Bonchev–Trinajstić information content (AvgIpc) is 3.36. The number of ketones is 1. The molecular formula is C22H24N2O2. The summed E-state index contributed by atoms with van der Waals surface area (Å²) in [6.45, 7) is 0.827. The molecule has 0 atom stereocenters. The van der Waals surface area contributed by atoms with E-state index in [1.165, 1.54) is 25.7 Å². The Hall–Kier alpha value is -2.62. The number of hydrogen-bond donors (Lipinski definition) is 0. The zero-order valence-corrected chi connectivity index (χ0v) is 14.9. The third kappa shape index (κ3) is 3.96. The molecule has 4 heteroatoms. The molecule has 0 spiro atoms. The van der Waals surface area contributed by atoms with Crippen molar-refractivity contribution in [2.75, 3.05) is 6.61 Å². The molecule has 0 radical (unpaired) electrons. The summed E-state index contributed by atoms with van der Waals surface area (Å²) in [7, 11) is 0. The van der Waals surface area contributed by atoms with Crippen LogP contribution in [-0.4, -0.2) is 21.8 Å². The Kier molecular flexibility index (Phi) is 5.00. The summed E-state index contributed by atoms with van der Waals surface area (Å²) in [5.41, 5.74) is 2.69. The van der Waals surface area contributed by atoms with E-state index in [4.69, 9.17) is 4.74 Å². The molecule has 2 heterocycles. The monoisotopic (exact) mass is 348 g/mol. The maximum Gasteiger partial charge on any atom is 0.163 e. The molecule has 0 amide bonds. The lowest BCUT2D eigenvalue weighted by Gasteiger charge is -2.11. The molecule has 0 unspecified atom stereocenters. The third-order valence-corrected chi connectivity index (χ3v) is 5.24. The summed E-state index contributed by atoms with van der Waals surface area (Å²) in [6.07, 6.45) is 12.0. The zero-order chi connectivity index (χ0) is 17.8. The second kappa shape index (κ2) is 7.73. The van der Waals surface area contributed by atoms with Gasteiger partial charge in [-0.15, -0.1) is 0 Å². The van der Waals surface area contributed by atoms with Crippen LogP contribution >= 0.6 is 0 Å². The van der Waals surface area contributed by atoms with Gasteiger partial charge < -0.3 is 9.14 Å². The highest BCUT2D eigenvalue weighted by atomic mass is 16.5. The number of carbonyl (C=O) groups is 1. The largest absolute Gasteiger partial charge is 0.493 e. The van der Waals surface area contributed by atoms with Crippen LogP contribution in [0.25, 0.3) is 5.65 Å². The van der Waals surface area contributed by atoms with Gasteiger partial charge in [0.1, 0.15) is 11.4 Å². The highest BCUT2D eigenvalue weighted by Crippen LogP contribution is 2.25. The highest BCUT2D eigenvalue weighted by Gasteiger charge is 2.15. The molecule has 1 aliphatic carbocycles. The number of hydrogen-bond acceptors (Lipinski definition) is 3. The number of ether oxygens (including phenoxy) is 1. The minimum Gasteiger partial charge on any atom is -0.493 e. The number of pyridine rings is 1. The van der Waals surface area contributed by atoms with Crippen LogP contribution in [0.15, 0.2) is 55.0 Å². The first-order chi connectivity index (χ1) is 12.8. The normalized spacial score (nSPS) is 14.8. The average molecular weight is 348 g/mol. The van der Waals surface area contributed by atoms with Crippen LogP contribution in [0, 0.1) is 5.92 Å². The van der Waals surface area contributed by atoms with E-state index in [0.717, 1.165) is 41.5 Å². The number of aromatic nitrogens is 2. The van der Waals surface area contributed by atoms with E-state index < -0.39 is 0 Å². The van der Waals surface area contributed by atoms with Crippen LogP contribution in [0.1, 0.15) is 48.0 Å². The van der Waals surface area contributed by atoms with Gasteiger partial charge in [0.2, 0.25) is 0 Å². The summed E-state index contributed by atoms with van der Waals surface area (Å²) in [5, 5.41) is 0. The number of imidazole rings is 1. The van der Waals surface area contributed by atoms with Gasteiger partial charge in [0.15, 0.2) is 5.78 Å². The van der Waals surface area contributed by atoms with Crippen molar-refractivity contribution in [3.8, 4) is 5.75 Å². The van der Waals surface area contributed by atoms with E-state index in [0.29, 0.717) is 6.42 Å². The minimum absolute atomic E-state index is 0.150. The Bertz CT molecular complexity index is 877. The van der Waals surface area contributed by atoms with E-state index in [9.17, 15) is 4.79 Å². The SMILES string of the molecule is O=C(CCc1ccc(OCC2CCCC2)cc1)c1ccn2ccnc2c1. The van der Waals surface area contributed by atoms with Crippen molar-refractivity contribution in [2.45, 2.75) is 38.5 Å². The van der Waals surface area contributed by atoms with Crippen molar-refractivity contribution >= 4 is 11.4 Å². The first-order valence-corrected chi connectivity index (χ1v) is 9.45. The summed E-state index contributed by atoms with van der Waals surface area (Å²) in [5.74, 6) is 1.80. The van der Waals surface area contributed by atoms with Gasteiger partial charge in [-0.05, 0) is 55.0 Å². The van der Waals surface area contributed by atoms with Crippen LogP contribution in [0.5, 0.6) is 5.75 Å². The number of aryl methyl sites for hydroxylation is 1. The van der Waals surface area contributed by atoms with Gasteiger partial charge in [0.05, 0.1) is 6.61 Å². The number of Topliss-reactive ketones (excluding diaryl/α,β-unsaturated/α-hetero) is 1. The first kappa shape index (κ1) is 16.8. The van der Waals surface area contributed by atoms with Crippen molar-refractivity contribution in [3.63, 3.8) is 0 Å². The Morgan fingerprint density at radius 1 is 1.12 bits per heavy atom. The minimum atomic E-state index is 0.150. The number of carbonyl (C=O) groups excluding carboxylic acids is 1. The topological polar surface area (TPSA) is 43.6 Å². The van der Waals surface area contributed by atoms with Crippen molar-refractivity contribution in [2.24, 2.45) is 5.92 Å². The molecule has 0 saturated heterocycles. The van der Waals surface area contributed by atoms with Gasteiger partial charge in [0.25, 0.3) is 0 Å². The molecular weight excluding hydrogens is 324 g/mol. The predicted molar refractivity (Wildman–Crippen MR) is 102 cm³/mol. The molecule has 134 valence electrons. The van der Waals surface area contributed by atoms with E-state index in [1.54, 1.807) is 6.20 Å². The van der Waals surface area contributed by atoms with Crippen molar-refractivity contribution in [3.05, 3.63) is 66.1 Å². The Labute approximate surface area is 153 Å². The molecule has 1 saturated carbocycles. The van der Waals surface area contributed by atoms with Crippen molar-refractivity contribution in [1.29, 1.82) is 0 Å². The molecule has 0 bridgehead atoms. The lowest BCUT2D eigenvalue weighted by atomic mass is 10.0. The quantitative estimate of drug-likeness (QED) is 0.580. The number of benzene rings is 1. The highest BCUT2D eigenvalue weighted by molar-refractivity contribution is 5.96. The molecule has 0 N–H and O–H groups in total. The maximum absolute atomic E-state index is 12.4. The van der Waals surface area contributed by atoms with Crippen molar-refractivity contribution < 1.29 is 9.53 Å². The number of rotatable bonds is 7. The van der Waals surface area contributed by atoms with Gasteiger partial charge in [-0.3, -0.25) is 4.79 Å². The molecule has 4 rings (SSSR count). The Balaban J connectivity index is 1.30. The summed E-state index contributed by atoms with van der Waals surface area (Å²) in [4.78, 5) is 16.7. The van der Waals surface area contributed by atoms with Crippen molar-refractivity contribution in [1.82, 2.24) is 9.38 Å². The van der Waals surface area contributed by atoms with Crippen LogP contribution < -0.4 is 4.74 Å². The summed E-state index contributed by atoms with van der Waals surface area (Å²) < 4.78 is 7.80. The lowest BCUT2D eigenvalue weighted by Crippen LogP contribution is -2.08. The molecule has 0 aliphatic heterocycles. The molecule has 26 heavy (non-hydrogen) atoms. The number of nitrogens with zero attached hydrogens (tertiary/aromatic N) is 2.